The Hall–Kier alpha value is -1.94. The summed E-state index contributed by atoms with van der Waals surface area (Å²) in [6.45, 7) is 0. The predicted octanol–water partition coefficient (Wildman–Crippen LogP) is 2.44. The van der Waals surface area contributed by atoms with E-state index in [1.165, 1.54) is 0 Å². The van der Waals surface area contributed by atoms with Gasteiger partial charge < -0.3 is 0 Å². The molecule has 0 unspecified atom stereocenters. The fraction of sp³-hybridized carbons (Fsp3) is 0. The smallest absolute Gasteiger partial charge is 0.179 e. The highest BCUT2D eigenvalue weighted by Crippen LogP contribution is 2.21. The normalized spacial score (nSPS) is 10.8. The van der Waals surface area contributed by atoms with E-state index in [9.17, 15) is 0 Å². The fourth-order valence-corrected chi connectivity index (χ4v) is 1.78. The number of halogens is 1. The Morgan fingerprint density at radius 1 is 1.06 bits per heavy atom. The molecule has 0 aromatic carbocycles. The third kappa shape index (κ3) is 1.35. The van der Waals surface area contributed by atoms with Crippen LogP contribution in [0.3, 0.4) is 0 Å². The lowest BCUT2D eigenvalue weighted by atomic mass is 10.2. The highest BCUT2D eigenvalue weighted by atomic mass is 35.5. The van der Waals surface area contributed by atoms with Gasteiger partial charge in [-0.2, -0.15) is 0 Å². The van der Waals surface area contributed by atoms with Crippen LogP contribution in [0.2, 0.25) is 5.02 Å². The molecule has 0 N–H and O–H groups in total. The first-order chi connectivity index (χ1) is 7.86. The Morgan fingerprint density at radius 2 is 1.88 bits per heavy atom. The van der Waals surface area contributed by atoms with Gasteiger partial charge in [-0.1, -0.05) is 11.6 Å². The molecule has 4 nitrogen and oxygen atoms in total. The average molecular weight is 231 g/mol. The van der Waals surface area contributed by atoms with Gasteiger partial charge in [0.25, 0.3) is 0 Å². The summed E-state index contributed by atoms with van der Waals surface area (Å²) in [6, 6.07) is 7.43. The molecular weight excluding hydrogens is 224 g/mol. The summed E-state index contributed by atoms with van der Waals surface area (Å²) in [6.07, 6.45) is 5.33. The van der Waals surface area contributed by atoms with E-state index in [-0.39, 0.29) is 0 Å². The van der Waals surface area contributed by atoms with E-state index >= 15 is 0 Å². The second kappa shape index (κ2) is 3.57. The Kier molecular flexibility index (Phi) is 2.08. The lowest BCUT2D eigenvalue weighted by Crippen LogP contribution is -1.89. The summed E-state index contributed by atoms with van der Waals surface area (Å²) in [5.74, 6) is 0.764. The average Bonchev–Trinajstić information content (AvgIpc) is 2.75. The standard InChI is InChI=1S/C11H7ClN4/c12-9-2-1-7-16-10(14-15-11(9)16)8-3-5-13-6-4-8/h1-7H. The quantitative estimate of drug-likeness (QED) is 0.645. The van der Waals surface area contributed by atoms with E-state index in [2.05, 4.69) is 15.2 Å². The third-order valence-electron chi connectivity index (χ3n) is 2.33. The molecular formula is C11H7ClN4. The SMILES string of the molecule is Clc1cccn2c(-c3ccncc3)nnc12. The molecule has 16 heavy (non-hydrogen) atoms. The zero-order chi connectivity index (χ0) is 11.0. The van der Waals surface area contributed by atoms with Crippen LogP contribution in [-0.4, -0.2) is 19.6 Å². The summed E-state index contributed by atoms with van der Waals surface area (Å²) in [4.78, 5) is 3.97. The molecule has 5 heteroatoms. The van der Waals surface area contributed by atoms with E-state index in [4.69, 9.17) is 11.6 Å². The van der Waals surface area contributed by atoms with Crippen molar-refractivity contribution in [3.63, 3.8) is 0 Å². The third-order valence-corrected chi connectivity index (χ3v) is 2.62. The van der Waals surface area contributed by atoms with Gasteiger partial charge >= 0.3 is 0 Å². The van der Waals surface area contributed by atoms with E-state index < -0.39 is 0 Å². The maximum absolute atomic E-state index is 6.02. The van der Waals surface area contributed by atoms with E-state index in [0.717, 1.165) is 11.4 Å². The number of fused-ring (bicyclic) bond motifs is 1. The van der Waals surface area contributed by atoms with Crippen molar-refractivity contribution in [2.75, 3.05) is 0 Å². The summed E-state index contributed by atoms with van der Waals surface area (Å²) in [5, 5.41) is 8.78. The minimum atomic E-state index is 0.593. The monoisotopic (exact) mass is 230 g/mol. The van der Waals surface area contributed by atoms with Crippen LogP contribution in [0.4, 0.5) is 0 Å². The van der Waals surface area contributed by atoms with Gasteiger partial charge in [0, 0.05) is 24.2 Å². The second-order valence-corrected chi connectivity index (χ2v) is 3.72. The van der Waals surface area contributed by atoms with Crippen LogP contribution in [0, 0.1) is 0 Å². The Morgan fingerprint density at radius 3 is 2.69 bits per heavy atom. The maximum atomic E-state index is 6.02. The van der Waals surface area contributed by atoms with Crippen molar-refractivity contribution in [2.24, 2.45) is 0 Å². The van der Waals surface area contributed by atoms with Crippen LogP contribution >= 0.6 is 11.6 Å². The van der Waals surface area contributed by atoms with Gasteiger partial charge in [0.1, 0.15) is 0 Å². The van der Waals surface area contributed by atoms with Gasteiger partial charge in [-0.25, -0.2) is 0 Å². The summed E-state index contributed by atoms with van der Waals surface area (Å²) < 4.78 is 1.86. The molecule has 0 spiro atoms. The van der Waals surface area contributed by atoms with Gasteiger partial charge in [-0.15, -0.1) is 10.2 Å². The Labute approximate surface area is 96.5 Å². The van der Waals surface area contributed by atoms with Gasteiger partial charge in [0.05, 0.1) is 5.02 Å². The van der Waals surface area contributed by atoms with Crippen LogP contribution in [0.15, 0.2) is 42.9 Å². The lowest BCUT2D eigenvalue weighted by molar-refractivity contribution is 1.11. The van der Waals surface area contributed by atoms with Crippen LogP contribution in [0.25, 0.3) is 17.0 Å². The topological polar surface area (TPSA) is 43.1 Å². The van der Waals surface area contributed by atoms with Gasteiger partial charge in [0.15, 0.2) is 11.5 Å². The molecule has 0 radical (unpaired) electrons. The largest absolute Gasteiger partial charge is 0.281 e. The second-order valence-electron chi connectivity index (χ2n) is 3.31. The molecule has 78 valence electrons. The molecule has 0 aliphatic rings. The summed E-state index contributed by atoms with van der Waals surface area (Å²) >= 11 is 6.02. The van der Waals surface area contributed by atoms with Crippen molar-refractivity contribution in [3.8, 4) is 11.4 Å². The molecule has 0 bridgehead atoms. The first kappa shape index (κ1) is 9.30. The molecule has 3 aromatic heterocycles. The molecule has 0 amide bonds. The van der Waals surface area contributed by atoms with Crippen molar-refractivity contribution < 1.29 is 0 Å². The van der Waals surface area contributed by atoms with Crippen molar-refractivity contribution >= 4 is 17.2 Å². The van der Waals surface area contributed by atoms with Crippen LogP contribution in [-0.2, 0) is 0 Å². The van der Waals surface area contributed by atoms with Crippen molar-refractivity contribution in [1.82, 2.24) is 19.6 Å². The zero-order valence-corrected chi connectivity index (χ0v) is 8.96. The van der Waals surface area contributed by atoms with E-state index in [1.807, 2.05) is 28.8 Å². The number of aromatic nitrogens is 4. The van der Waals surface area contributed by atoms with Gasteiger partial charge in [-0.05, 0) is 24.3 Å². The molecule has 0 saturated carbocycles. The molecule has 0 saturated heterocycles. The predicted molar refractivity (Wildman–Crippen MR) is 61.2 cm³/mol. The van der Waals surface area contributed by atoms with Crippen molar-refractivity contribution in [3.05, 3.63) is 47.9 Å². The van der Waals surface area contributed by atoms with Gasteiger partial charge in [-0.3, -0.25) is 9.38 Å². The van der Waals surface area contributed by atoms with Crippen LogP contribution in [0.1, 0.15) is 0 Å². The highest BCUT2D eigenvalue weighted by Gasteiger charge is 2.08. The highest BCUT2D eigenvalue weighted by molar-refractivity contribution is 6.33. The Bertz CT molecular complexity index is 633. The molecule has 3 heterocycles. The summed E-state index contributed by atoms with van der Waals surface area (Å²) in [7, 11) is 0. The minimum absolute atomic E-state index is 0.593. The zero-order valence-electron chi connectivity index (χ0n) is 8.21. The minimum Gasteiger partial charge on any atom is -0.281 e. The van der Waals surface area contributed by atoms with Crippen LogP contribution in [0.5, 0.6) is 0 Å². The first-order valence-electron chi connectivity index (χ1n) is 4.76. The first-order valence-corrected chi connectivity index (χ1v) is 5.14. The molecule has 3 rings (SSSR count). The molecule has 0 aliphatic carbocycles. The molecule has 0 atom stereocenters. The molecule has 0 fully saturated rings. The van der Waals surface area contributed by atoms with Gasteiger partial charge in [0.2, 0.25) is 0 Å². The number of hydrogen-bond acceptors (Lipinski definition) is 3. The van der Waals surface area contributed by atoms with Crippen molar-refractivity contribution in [2.45, 2.75) is 0 Å². The molecule has 3 aromatic rings. The molecule has 0 aliphatic heterocycles. The van der Waals surface area contributed by atoms with E-state index in [1.54, 1.807) is 18.5 Å². The Balaban J connectivity index is 2.30. The number of rotatable bonds is 1. The number of nitrogens with zero attached hydrogens (tertiary/aromatic N) is 4. The number of pyridine rings is 2. The van der Waals surface area contributed by atoms with Crippen molar-refractivity contribution in [1.29, 1.82) is 0 Å². The summed E-state index contributed by atoms with van der Waals surface area (Å²) in [5.41, 5.74) is 1.63. The maximum Gasteiger partial charge on any atom is 0.179 e. The lowest BCUT2D eigenvalue weighted by Gasteiger charge is -1.99. The number of hydrogen-bond donors (Lipinski definition) is 0. The van der Waals surface area contributed by atoms with E-state index in [0.29, 0.717) is 10.7 Å². The fourth-order valence-electron chi connectivity index (χ4n) is 1.58. The van der Waals surface area contributed by atoms with Crippen LogP contribution < -0.4 is 0 Å².